The summed E-state index contributed by atoms with van der Waals surface area (Å²) in [7, 11) is 3.20. The summed E-state index contributed by atoms with van der Waals surface area (Å²) in [5, 5.41) is 8.03. The lowest BCUT2D eigenvalue weighted by Crippen LogP contribution is -2.24. The van der Waals surface area contributed by atoms with Crippen molar-refractivity contribution in [3.8, 4) is 11.5 Å². The van der Waals surface area contributed by atoms with Gasteiger partial charge in [-0.05, 0) is 45.4 Å². The zero-order valence-electron chi connectivity index (χ0n) is 16.5. The highest BCUT2D eigenvalue weighted by Crippen LogP contribution is 2.30. The number of anilines is 1. The number of aromatic nitrogens is 4. The van der Waals surface area contributed by atoms with Gasteiger partial charge in [-0.3, -0.25) is 9.78 Å². The van der Waals surface area contributed by atoms with Gasteiger partial charge >= 0.3 is 0 Å². The summed E-state index contributed by atoms with van der Waals surface area (Å²) in [6, 6.07) is 5.57. The number of nitrogens with zero attached hydrogens (tertiary/aromatic N) is 3. The molecule has 0 radical (unpaired) electrons. The molecule has 2 N–H and O–H groups in total. The average molecular weight is 371 g/mol. The Morgan fingerprint density at radius 2 is 1.89 bits per heavy atom. The predicted octanol–water partition coefficient (Wildman–Crippen LogP) is 3.06. The first-order valence-corrected chi connectivity index (χ1v) is 8.71. The van der Waals surface area contributed by atoms with Gasteiger partial charge in [0.1, 0.15) is 5.39 Å². The predicted molar refractivity (Wildman–Crippen MR) is 105 cm³/mol. The van der Waals surface area contributed by atoms with Crippen molar-refractivity contribution < 1.29 is 9.47 Å². The topological polar surface area (TPSA) is 94.1 Å². The minimum atomic E-state index is -0.283. The molecule has 2 aromatic heterocycles. The van der Waals surface area contributed by atoms with E-state index in [9.17, 15) is 4.79 Å². The molecule has 8 nitrogen and oxygen atoms in total. The van der Waals surface area contributed by atoms with Crippen LogP contribution < -0.4 is 20.3 Å². The van der Waals surface area contributed by atoms with Gasteiger partial charge in [-0.15, -0.1) is 0 Å². The van der Waals surface area contributed by atoms with Crippen LogP contribution in [0.1, 0.15) is 39.3 Å². The molecule has 8 heteroatoms. The number of fused-ring (bicyclic) bond motifs is 1. The van der Waals surface area contributed by atoms with E-state index < -0.39 is 0 Å². The van der Waals surface area contributed by atoms with E-state index in [0.717, 1.165) is 5.56 Å². The molecule has 3 rings (SSSR count). The molecular weight excluding hydrogens is 346 g/mol. The van der Waals surface area contributed by atoms with Crippen molar-refractivity contribution >= 4 is 17.0 Å². The van der Waals surface area contributed by atoms with Gasteiger partial charge in [0.25, 0.3) is 5.56 Å². The lowest BCUT2D eigenvalue weighted by atomic mass is 10.1. The van der Waals surface area contributed by atoms with Gasteiger partial charge in [0, 0.05) is 0 Å². The van der Waals surface area contributed by atoms with Crippen molar-refractivity contribution in [2.45, 2.75) is 39.3 Å². The number of ether oxygens (including phenoxy) is 2. The summed E-state index contributed by atoms with van der Waals surface area (Å²) < 4.78 is 12.4. The van der Waals surface area contributed by atoms with Crippen molar-refractivity contribution in [2.75, 3.05) is 19.5 Å². The van der Waals surface area contributed by atoms with Crippen LogP contribution in [-0.4, -0.2) is 34.0 Å². The van der Waals surface area contributed by atoms with E-state index in [2.05, 4.69) is 20.4 Å². The second-order valence-electron chi connectivity index (χ2n) is 7.36. The molecule has 0 saturated carbocycles. The lowest BCUT2D eigenvalue weighted by molar-refractivity contribution is 0.354. The molecule has 0 bridgehead atoms. The largest absolute Gasteiger partial charge is 0.493 e. The van der Waals surface area contributed by atoms with Crippen molar-refractivity contribution in [3.63, 3.8) is 0 Å². The van der Waals surface area contributed by atoms with Gasteiger partial charge in [-0.25, -0.2) is 4.68 Å². The fourth-order valence-corrected chi connectivity index (χ4v) is 2.89. The summed E-state index contributed by atoms with van der Waals surface area (Å²) in [6.45, 7) is 8.03. The Kier molecular flexibility index (Phi) is 4.82. The number of hydrogen-bond donors (Lipinski definition) is 2. The van der Waals surface area contributed by atoms with Crippen LogP contribution >= 0.6 is 0 Å². The van der Waals surface area contributed by atoms with Gasteiger partial charge in [-0.1, -0.05) is 6.07 Å². The van der Waals surface area contributed by atoms with Crippen molar-refractivity contribution in [3.05, 3.63) is 40.3 Å². The molecule has 3 aromatic rings. The van der Waals surface area contributed by atoms with E-state index in [1.165, 1.54) is 0 Å². The van der Waals surface area contributed by atoms with Crippen molar-refractivity contribution in [2.24, 2.45) is 0 Å². The highest BCUT2D eigenvalue weighted by Gasteiger charge is 2.20. The molecule has 0 fully saturated rings. The number of H-pyrrole nitrogens is 1. The van der Waals surface area contributed by atoms with Crippen LogP contribution in [0.4, 0.5) is 5.95 Å². The maximum atomic E-state index is 12.4. The van der Waals surface area contributed by atoms with Gasteiger partial charge in [-0.2, -0.15) is 10.1 Å². The molecule has 0 saturated heterocycles. The normalized spacial score (nSPS) is 12.8. The Labute approximate surface area is 157 Å². The highest BCUT2D eigenvalue weighted by molar-refractivity contribution is 5.74. The zero-order chi connectivity index (χ0) is 19.8. The SMILES string of the molecule is COc1ccc(C(C)Nc2nc3c(cnn3C(C)(C)C)c(=O)[nH]2)cc1OC. The van der Waals surface area contributed by atoms with Crippen molar-refractivity contribution in [1.82, 2.24) is 19.7 Å². The third-order valence-electron chi connectivity index (χ3n) is 4.33. The molecule has 2 heterocycles. The fraction of sp³-hybridized carbons (Fsp3) is 0.421. The molecule has 27 heavy (non-hydrogen) atoms. The summed E-state index contributed by atoms with van der Waals surface area (Å²) in [5.41, 5.74) is 1.01. The maximum Gasteiger partial charge on any atom is 0.263 e. The first-order valence-electron chi connectivity index (χ1n) is 8.71. The van der Waals surface area contributed by atoms with E-state index in [1.807, 2.05) is 45.9 Å². The van der Waals surface area contributed by atoms with Crippen LogP contribution in [0.2, 0.25) is 0 Å². The van der Waals surface area contributed by atoms with Crippen LogP contribution in [0.5, 0.6) is 11.5 Å². The zero-order valence-corrected chi connectivity index (χ0v) is 16.5. The second kappa shape index (κ2) is 6.94. The van der Waals surface area contributed by atoms with Crippen LogP contribution in [0.25, 0.3) is 11.0 Å². The van der Waals surface area contributed by atoms with Gasteiger partial charge in [0.15, 0.2) is 17.1 Å². The standard InChI is InChI=1S/C19H25N5O3/c1-11(12-7-8-14(26-5)15(9-12)27-6)21-18-22-16-13(17(25)23-18)10-20-24(16)19(2,3)4/h7-11H,1-6H3,(H2,21,22,23,25). The lowest BCUT2D eigenvalue weighted by Gasteiger charge is -2.20. The van der Waals surface area contributed by atoms with E-state index in [-0.39, 0.29) is 17.1 Å². The van der Waals surface area contributed by atoms with Crippen LogP contribution in [0.15, 0.2) is 29.2 Å². The van der Waals surface area contributed by atoms with Crippen LogP contribution in [0.3, 0.4) is 0 Å². The fourth-order valence-electron chi connectivity index (χ4n) is 2.89. The van der Waals surface area contributed by atoms with Gasteiger partial charge < -0.3 is 14.8 Å². The van der Waals surface area contributed by atoms with E-state index in [1.54, 1.807) is 25.1 Å². The Bertz CT molecular complexity index is 1020. The summed E-state index contributed by atoms with van der Waals surface area (Å²) in [6.07, 6.45) is 1.55. The smallest absolute Gasteiger partial charge is 0.263 e. The minimum absolute atomic E-state index is 0.114. The summed E-state index contributed by atoms with van der Waals surface area (Å²) >= 11 is 0. The first-order chi connectivity index (χ1) is 12.7. The number of aromatic amines is 1. The Morgan fingerprint density at radius 1 is 1.19 bits per heavy atom. The highest BCUT2D eigenvalue weighted by atomic mass is 16.5. The van der Waals surface area contributed by atoms with E-state index >= 15 is 0 Å². The quantitative estimate of drug-likeness (QED) is 0.716. The maximum absolute atomic E-state index is 12.4. The third-order valence-corrected chi connectivity index (χ3v) is 4.33. The Morgan fingerprint density at radius 3 is 2.52 bits per heavy atom. The molecule has 0 aliphatic rings. The molecule has 1 unspecified atom stereocenters. The third kappa shape index (κ3) is 3.60. The van der Waals surface area contributed by atoms with Crippen LogP contribution in [0, 0.1) is 0 Å². The number of methoxy groups -OCH3 is 2. The molecule has 1 aromatic carbocycles. The van der Waals surface area contributed by atoms with E-state index in [0.29, 0.717) is 28.5 Å². The van der Waals surface area contributed by atoms with Gasteiger partial charge in [0.05, 0.1) is 32.0 Å². The molecule has 0 aliphatic heterocycles. The van der Waals surface area contributed by atoms with Gasteiger partial charge in [0.2, 0.25) is 5.95 Å². The van der Waals surface area contributed by atoms with Crippen molar-refractivity contribution in [1.29, 1.82) is 0 Å². The first kappa shape index (κ1) is 18.8. The number of hydrogen-bond acceptors (Lipinski definition) is 6. The minimum Gasteiger partial charge on any atom is -0.493 e. The average Bonchev–Trinajstić information content (AvgIpc) is 3.05. The monoisotopic (exact) mass is 371 g/mol. The Balaban J connectivity index is 1.95. The van der Waals surface area contributed by atoms with E-state index in [4.69, 9.17) is 9.47 Å². The molecule has 0 amide bonds. The molecule has 0 spiro atoms. The van der Waals surface area contributed by atoms with Crippen LogP contribution in [-0.2, 0) is 5.54 Å². The molecule has 0 aliphatic carbocycles. The number of rotatable bonds is 5. The Hall–Kier alpha value is -3.03. The number of benzene rings is 1. The molecule has 1 atom stereocenters. The molecular formula is C19H25N5O3. The summed E-state index contributed by atoms with van der Waals surface area (Å²) in [4.78, 5) is 19.8. The second-order valence-corrected chi connectivity index (χ2v) is 7.36. The number of nitrogens with one attached hydrogen (secondary N) is 2. The summed E-state index contributed by atoms with van der Waals surface area (Å²) in [5.74, 6) is 1.70. The molecule has 144 valence electrons.